The van der Waals surface area contributed by atoms with Gasteiger partial charge in [0.25, 0.3) is 0 Å². The van der Waals surface area contributed by atoms with Crippen LogP contribution in [-0.4, -0.2) is 57.1 Å². The number of halogens is 4. The number of carboxylic acids is 3. The van der Waals surface area contributed by atoms with Crippen molar-refractivity contribution in [2.24, 2.45) is 11.1 Å². The van der Waals surface area contributed by atoms with Crippen molar-refractivity contribution in [2.45, 2.75) is 39.3 Å². The summed E-state index contributed by atoms with van der Waals surface area (Å²) in [7, 11) is 0. The molecule has 0 saturated carbocycles. The van der Waals surface area contributed by atoms with Gasteiger partial charge in [-0.3, -0.25) is 10.2 Å². The first-order valence-electron chi connectivity index (χ1n) is 13.0. The number of thiophene rings is 1. The van der Waals surface area contributed by atoms with Gasteiger partial charge in [0.1, 0.15) is 10.7 Å². The number of amidine groups is 1. The Bertz CT molecular complexity index is 1640. The van der Waals surface area contributed by atoms with Crippen molar-refractivity contribution in [2.75, 3.05) is 5.32 Å². The molecule has 7 N–H and O–H groups in total. The van der Waals surface area contributed by atoms with Crippen molar-refractivity contribution in [3.05, 3.63) is 80.8 Å². The minimum absolute atomic E-state index is 0.0387. The maximum Gasteiger partial charge on any atom is 0.490 e. The number of nitrogens with two attached hydrogens (primary N) is 1. The number of anilines is 1. The Morgan fingerprint density at radius 3 is 1.87 bits per heavy atom. The van der Waals surface area contributed by atoms with Crippen LogP contribution < -0.4 is 15.8 Å². The summed E-state index contributed by atoms with van der Waals surface area (Å²) in [4.78, 5) is 58.6. The van der Waals surface area contributed by atoms with E-state index in [-0.39, 0.29) is 45.3 Å². The molecule has 3 aromatic rings. The number of rotatable bonds is 11. The Morgan fingerprint density at radius 2 is 1.43 bits per heavy atom. The SMILES string of the molecule is CCC(CC)(Cc1ccc(C(=O)Oc2ccc(C(=N)N)cc2F)s1)C(=O)Nc1cc(C(=O)O)cc(C(=O)O)c1.O=C(O)C(F)(F)F. The number of ether oxygens (including phenoxy) is 1. The number of nitrogen functional groups attached to an aromatic ring is 1. The number of aliphatic carboxylic acids is 1. The third-order valence-electron chi connectivity index (χ3n) is 6.58. The third kappa shape index (κ3) is 9.59. The summed E-state index contributed by atoms with van der Waals surface area (Å²) in [5.41, 5.74) is 4.01. The monoisotopic (exact) mass is 669 g/mol. The van der Waals surface area contributed by atoms with Gasteiger partial charge in [0, 0.05) is 16.1 Å². The minimum atomic E-state index is -5.08. The zero-order chi connectivity index (χ0) is 35.0. The van der Waals surface area contributed by atoms with E-state index in [0.29, 0.717) is 17.7 Å². The van der Waals surface area contributed by atoms with Crippen molar-refractivity contribution in [1.29, 1.82) is 5.41 Å². The smallest absolute Gasteiger partial charge is 0.478 e. The zero-order valence-corrected chi connectivity index (χ0v) is 24.8. The number of esters is 1. The molecule has 12 nitrogen and oxygen atoms in total. The normalized spacial score (nSPS) is 11.1. The van der Waals surface area contributed by atoms with E-state index in [4.69, 9.17) is 25.8 Å². The summed E-state index contributed by atoms with van der Waals surface area (Å²) in [6.07, 6.45) is -4.06. The van der Waals surface area contributed by atoms with E-state index in [2.05, 4.69) is 5.32 Å². The average Bonchev–Trinajstić information content (AvgIpc) is 3.45. The van der Waals surface area contributed by atoms with Gasteiger partial charge >= 0.3 is 30.1 Å². The minimum Gasteiger partial charge on any atom is -0.478 e. The number of hydrogen-bond donors (Lipinski definition) is 6. The second-order valence-electron chi connectivity index (χ2n) is 9.54. The lowest BCUT2D eigenvalue weighted by Crippen LogP contribution is -2.37. The maximum atomic E-state index is 14.3. The van der Waals surface area contributed by atoms with Crippen molar-refractivity contribution in [1.82, 2.24) is 0 Å². The largest absolute Gasteiger partial charge is 0.490 e. The lowest BCUT2D eigenvalue weighted by Gasteiger charge is -2.30. The summed E-state index contributed by atoms with van der Waals surface area (Å²) < 4.78 is 51.2. The Hall–Kier alpha value is -5.32. The maximum absolute atomic E-state index is 14.3. The molecule has 0 aliphatic carbocycles. The Labute approximate surface area is 261 Å². The number of nitrogens with one attached hydrogen (secondary N) is 2. The molecule has 0 spiro atoms. The molecule has 1 heterocycles. The van der Waals surface area contributed by atoms with Crippen LogP contribution in [0.5, 0.6) is 5.75 Å². The van der Waals surface area contributed by atoms with Crippen molar-refractivity contribution in [3.8, 4) is 5.75 Å². The van der Waals surface area contributed by atoms with E-state index in [0.717, 1.165) is 23.5 Å². The van der Waals surface area contributed by atoms with Gasteiger partial charge in [0.2, 0.25) is 5.91 Å². The van der Waals surface area contributed by atoms with Crippen LogP contribution in [0.3, 0.4) is 0 Å². The number of aromatic carboxylic acids is 2. The average molecular weight is 670 g/mol. The van der Waals surface area contributed by atoms with Gasteiger partial charge in [-0.25, -0.2) is 23.6 Å². The molecule has 0 radical (unpaired) electrons. The van der Waals surface area contributed by atoms with Crippen molar-refractivity contribution in [3.63, 3.8) is 0 Å². The molecule has 46 heavy (non-hydrogen) atoms. The molecule has 0 atom stereocenters. The van der Waals surface area contributed by atoms with Crippen molar-refractivity contribution < 1.29 is 61.6 Å². The van der Waals surface area contributed by atoms with E-state index >= 15 is 0 Å². The molecule has 0 unspecified atom stereocenters. The predicted octanol–water partition coefficient (Wildman–Crippen LogP) is 5.41. The van der Waals surface area contributed by atoms with Crippen LogP contribution in [-0.2, 0) is 16.0 Å². The van der Waals surface area contributed by atoms with E-state index in [1.54, 1.807) is 6.07 Å². The molecule has 1 aromatic heterocycles. The number of hydrogen-bond acceptors (Lipinski definition) is 8. The molecule has 17 heteroatoms. The topological polar surface area (TPSA) is 217 Å². The number of carbonyl (C=O) groups excluding carboxylic acids is 2. The standard InChI is InChI=1S/C27H26FN3O7S.C2HF3O2/c1-3-27(4-2,26(37)31-17-10-15(23(32)33)9-16(11-17)24(34)35)13-18-6-8-21(39-18)25(36)38-20-7-5-14(22(29)30)12-19(20)28;3-2(4,5)1(6)7/h5-12H,3-4,13H2,1-2H3,(H3,29,30)(H,31,37)(H,32,33)(H,34,35);(H,6,7). The molecule has 0 saturated heterocycles. The molecule has 0 fully saturated rings. The summed E-state index contributed by atoms with van der Waals surface area (Å²) >= 11 is 1.08. The fraction of sp³-hybridized carbons (Fsp3) is 0.241. The van der Waals surface area contributed by atoms with Crippen molar-refractivity contribution >= 4 is 52.6 Å². The first-order chi connectivity index (χ1) is 21.3. The molecule has 3 rings (SSSR count). The second kappa shape index (κ2) is 15.1. The van der Waals surface area contributed by atoms with Gasteiger partial charge in [0.15, 0.2) is 11.6 Å². The molecular formula is C29H27F4N3O9S. The number of alkyl halides is 3. The van der Waals surface area contributed by atoms with E-state index < -0.39 is 47.2 Å². The highest BCUT2D eigenvalue weighted by Crippen LogP contribution is 2.35. The predicted molar refractivity (Wildman–Crippen MR) is 156 cm³/mol. The van der Waals surface area contributed by atoms with Crippen LogP contribution in [0.1, 0.15) is 67.5 Å². The van der Waals surface area contributed by atoms with E-state index in [1.807, 2.05) is 13.8 Å². The Morgan fingerprint density at radius 1 is 0.891 bits per heavy atom. The number of carbonyl (C=O) groups is 5. The van der Waals surface area contributed by atoms with Gasteiger partial charge in [-0.2, -0.15) is 13.2 Å². The number of benzene rings is 2. The quantitative estimate of drug-likeness (QED) is 0.0502. The Balaban J connectivity index is 0.000000942. The molecular weight excluding hydrogens is 642 g/mol. The van der Waals surface area contributed by atoms with Crippen LogP contribution in [0.25, 0.3) is 0 Å². The fourth-order valence-corrected chi connectivity index (χ4v) is 4.96. The van der Waals surface area contributed by atoms with Gasteiger partial charge < -0.3 is 31.1 Å². The lowest BCUT2D eigenvalue weighted by atomic mass is 9.77. The van der Waals surface area contributed by atoms with Crippen LogP contribution >= 0.6 is 11.3 Å². The van der Waals surface area contributed by atoms with E-state index in [9.17, 15) is 47.0 Å². The van der Waals surface area contributed by atoms with Gasteiger partial charge in [-0.05, 0) is 67.8 Å². The summed E-state index contributed by atoms with van der Waals surface area (Å²) in [5.74, 6) is -8.15. The summed E-state index contributed by atoms with van der Waals surface area (Å²) in [5, 5.41) is 35.8. The molecule has 2 aromatic carbocycles. The molecule has 1 amide bonds. The first kappa shape index (κ1) is 36.9. The Kier molecular flexibility index (Phi) is 12.1. The highest BCUT2D eigenvalue weighted by molar-refractivity contribution is 7.14. The van der Waals surface area contributed by atoms with Gasteiger partial charge in [-0.15, -0.1) is 11.3 Å². The molecule has 0 bridgehead atoms. The third-order valence-corrected chi connectivity index (χ3v) is 7.65. The van der Waals surface area contributed by atoms with Gasteiger partial charge in [0.05, 0.1) is 16.5 Å². The second-order valence-corrected chi connectivity index (χ2v) is 10.7. The number of amides is 1. The zero-order valence-electron chi connectivity index (χ0n) is 24.0. The highest BCUT2D eigenvalue weighted by Gasteiger charge is 2.38. The first-order valence-corrected chi connectivity index (χ1v) is 13.8. The van der Waals surface area contributed by atoms with Crippen LogP contribution in [0.15, 0.2) is 48.5 Å². The molecule has 0 aliphatic heterocycles. The van der Waals surface area contributed by atoms with E-state index in [1.165, 1.54) is 30.3 Å². The molecule has 246 valence electrons. The van der Waals surface area contributed by atoms with Crippen LogP contribution in [0.4, 0.5) is 23.2 Å². The number of carboxylic acid groups (broad SMARTS) is 3. The fourth-order valence-electron chi connectivity index (χ4n) is 3.93. The van der Waals surface area contributed by atoms with Crippen LogP contribution in [0.2, 0.25) is 0 Å². The summed E-state index contributed by atoms with van der Waals surface area (Å²) in [6.45, 7) is 3.63. The lowest BCUT2D eigenvalue weighted by molar-refractivity contribution is -0.192. The van der Waals surface area contributed by atoms with Crippen LogP contribution in [0, 0.1) is 16.6 Å². The highest BCUT2D eigenvalue weighted by atomic mass is 32.1. The molecule has 0 aliphatic rings. The summed E-state index contributed by atoms with van der Waals surface area (Å²) in [6, 6.07) is 10.1. The van der Waals surface area contributed by atoms with Gasteiger partial charge in [-0.1, -0.05) is 13.8 Å².